The zero-order chi connectivity index (χ0) is 12.4. The number of nitrogens with one attached hydrogen (secondary N) is 1. The number of anilines is 1. The van der Waals surface area contributed by atoms with Crippen molar-refractivity contribution in [2.45, 2.75) is 26.4 Å². The van der Waals surface area contributed by atoms with Gasteiger partial charge >= 0.3 is 0 Å². The molecule has 0 fully saturated rings. The van der Waals surface area contributed by atoms with Crippen molar-refractivity contribution in [2.75, 3.05) is 5.73 Å². The molecule has 0 aliphatic heterocycles. The molecule has 3 N–H and O–H groups in total. The van der Waals surface area contributed by atoms with E-state index < -0.39 is 0 Å². The molecule has 2 aromatic heterocycles. The number of amides is 1. The van der Waals surface area contributed by atoms with Gasteiger partial charge in [0.05, 0.1) is 6.33 Å². The van der Waals surface area contributed by atoms with Gasteiger partial charge in [-0.3, -0.25) is 4.79 Å². The van der Waals surface area contributed by atoms with Crippen LogP contribution in [0.3, 0.4) is 0 Å². The average Bonchev–Trinajstić information content (AvgIpc) is 2.62. The number of nitrogens with zero attached hydrogens (tertiary/aromatic N) is 4. The van der Waals surface area contributed by atoms with E-state index >= 15 is 0 Å². The second-order valence-corrected chi connectivity index (χ2v) is 4.03. The van der Waals surface area contributed by atoms with Crippen molar-refractivity contribution in [3.63, 3.8) is 0 Å². The van der Waals surface area contributed by atoms with Crippen LogP contribution in [-0.4, -0.2) is 31.5 Å². The van der Waals surface area contributed by atoms with Gasteiger partial charge in [-0.1, -0.05) is 0 Å². The number of nitrogens with two attached hydrogens (primary N) is 1. The van der Waals surface area contributed by atoms with E-state index in [-0.39, 0.29) is 18.5 Å². The molecule has 1 amide bonds. The third kappa shape index (κ3) is 2.32. The van der Waals surface area contributed by atoms with E-state index in [2.05, 4.69) is 20.3 Å². The Balaban J connectivity index is 2.25. The van der Waals surface area contributed by atoms with E-state index in [0.29, 0.717) is 17.0 Å². The van der Waals surface area contributed by atoms with Crippen molar-refractivity contribution in [1.82, 2.24) is 24.8 Å². The van der Waals surface area contributed by atoms with E-state index in [1.54, 1.807) is 4.57 Å². The van der Waals surface area contributed by atoms with Crippen molar-refractivity contribution >= 4 is 22.9 Å². The van der Waals surface area contributed by atoms with Crippen LogP contribution in [0.4, 0.5) is 5.82 Å². The lowest BCUT2D eigenvalue weighted by molar-refractivity contribution is -0.122. The van der Waals surface area contributed by atoms with Crippen LogP contribution in [-0.2, 0) is 11.3 Å². The fourth-order valence-corrected chi connectivity index (χ4v) is 1.54. The molecular formula is C10H14N6O. The quantitative estimate of drug-likeness (QED) is 0.774. The third-order valence-corrected chi connectivity index (χ3v) is 2.19. The van der Waals surface area contributed by atoms with Crippen LogP contribution < -0.4 is 11.1 Å². The van der Waals surface area contributed by atoms with Crippen LogP contribution >= 0.6 is 0 Å². The number of hydrogen-bond acceptors (Lipinski definition) is 5. The van der Waals surface area contributed by atoms with E-state index in [4.69, 9.17) is 5.73 Å². The molecule has 0 bridgehead atoms. The van der Waals surface area contributed by atoms with Crippen LogP contribution in [0.15, 0.2) is 12.7 Å². The van der Waals surface area contributed by atoms with Gasteiger partial charge in [0.1, 0.15) is 18.4 Å². The standard InChI is InChI=1S/C10H14N6O/c1-6(2)15-7(17)3-16-5-14-8-9(11)12-4-13-10(8)16/h4-6H,3H2,1-2H3,(H,15,17)(H2,11,12,13). The van der Waals surface area contributed by atoms with Gasteiger partial charge in [0.25, 0.3) is 0 Å². The molecule has 2 rings (SSSR count). The van der Waals surface area contributed by atoms with Gasteiger partial charge in [-0.2, -0.15) is 0 Å². The zero-order valence-corrected chi connectivity index (χ0v) is 9.71. The average molecular weight is 234 g/mol. The minimum absolute atomic E-state index is 0.0866. The fraction of sp³-hybridized carbons (Fsp3) is 0.400. The van der Waals surface area contributed by atoms with E-state index in [0.717, 1.165) is 0 Å². The summed E-state index contributed by atoms with van der Waals surface area (Å²) in [5.41, 5.74) is 6.74. The van der Waals surface area contributed by atoms with Crippen molar-refractivity contribution < 1.29 is 4.79 Å². The van der Waals surface area contributed by atoms with Gasteiger partial charge in [0.15, 0.2) is 11.5 Å². The number of aromatic nitrogens is 4. The Labute approximate surface area is 98.1 Å². The van der Waals surface area contributed by atoms with Crippen LogP contribution in [0.5, 0.6) is 0 Å². The monoisotopic (exact) mass is 234 g/mol. The first kappa shape index (κ1) is 11.3. The number of fused-ring (bicyclic) bond motifs is 1. The summed E-state index contributed by atoms with van der Waals surface area (Å²) in [6.07, 6.45) is 2.89. The van der Waals surface area contributed by atoms with Gasteiger partial charge in [0.2, 0.25) is 5.91 Å². The Hall–Kier alpha value is -2.18. The largest absolute Gasteiger partial charge is 0.382 e. The molecule has 0 atom stereocenters. The summed E-state index contributed by atoms with van der Waals surface area (Å²) in [4.78, 5) is 23.6. The minimum atomic E-state index is -0.0866. The minimum Gasteiger partial charge on any atom is -0.382 e. The Morgan fingerprint density at radius 1 is 1.47 bits per heavy atom. The molecular weight excluding hydrogens is 220 g/mol. The molecule has 2 aromatic rings. The van der Waals surface area contributed by atoms with Crippen molar-refractivity contribution in [1.29, 1.82) is 0 Å². The zero-order valence-electron chi connectivity index (χ0n) is 9.71. The normalized spacial score (nSPS) is 11.0. The molecule has 7 heteroatoms. The van der Waals surface area contributed by atoms with Crippen molar-refractivity contribution in [3.05, 3.63) is 12.7 Å². The van der Waals surface area contributed by atoms with Crippen molar-refractivity contribution in [3.8, 4) is 0 Å². The van der Waals surface area contributed by atoms with Gasteiger partial charge in [0, 0.05) is 6.04 Å². The lowest BCUT2D eigenvalue weighted by Crippen LogP contribution is -2.33. The van der Waals surface area contributed by atoms with Crippen molar-refractivity contribution in [2.24, 2.45) is 0 Å². The van der Waals surface area contributed by atoms with Gasteiger partial charge in [-0.25, -0.2) is 15.0 Å². The highest BCUT2D eigenvalue weighted by molar-refractivity contribution is 5.83. The predicted octanol–water partition coefficient (Wildman–Crippen LogP) is -0.0669. The number of nitrogen functional groups attached to an aromatic ring is 1. The molecule has 90 valence electrons. The molecule has 0 radical (unpaired) electrons. The highest BCUT2D eigenvalue weighted by atomic mass is 16.2. The van der Waals surface area contributed by atoms with Crippen LogP contribution in [0.1, 0.15) is 13.8 Å². The number of imidazole rings is 1. The smallest absolute Gasteiger partial charge is 0.240 e. The SMILES string of the molecule is CC(C)NC(=O)Cn1cnc2c(N)ncnc21. The van der Waals surface area contributed by atoms with Gasteiger partial charge in [-0.05, 0) is 13.8 Å². The number of carbonyl (C=O) groups excluding carboxylic acids is 1. The number of carbonyl (C=O) groups is 1. The summed E-state index contributed by atoms with van der Waals surface area (Å²) in [6.45, 7) is 3.99. The highest BCUT2D eigenvalue weighted by Gasteiger charge is 2.10. The van der Waals surface area contributed by atoms with E-state index in [1.165, 1.54) is 12.7 Å². The van der Waals surface area contributed by atoms with E-state index in [9.17, 15) is 4.79 Å². The summed E-state index contributed by atoms with van der Waals surface area (Å²) >= 11 is 0. The van der Waals surface area contributed by atoms with E-state index in [1.807, 2.05) is 13.8 Å². The Morgan fingerprint density at radius 3 is 2.94 bits per heavy atom. The molecule has 0 aliphatic carbocycles. The predicted molar refractivity (Wildman–Crippen MR) is 63.0 cm³/mol. The summed E-state index contributed by atoms with van der Waals surface area (Å²) < 4.78 is 1.64. The second kappa shape index (κ2) is 4.36. The summed E-state index contributed by atoms with van der Waals surface area (Å²) in [6, 6.07) is 0.108. The van der Waals surface area contributed by atoms with Gasteiger partial charge in [-0.15, -0.1) is 0 Å². The first-order valence-corrected chi connectivity index (χ1v) is 5.28. The molecule has 0 saturated carbocycles. The number of rotatable bonds is 3. The lowest BCUT2D eigenvalue weighted by atomic mass is 10.4. The third-order valence-electron chi connectivity index (χ3n) is 2.19. The lowest BCUT2D eigenvalue weighted by Gasteiger charge is -2.08. The maximum absolute atomic E-state index is 11.6. The summed E-state index contributed by atoms with van der Waals surface area (Å²) in [5, 5.41) is 2.80. The Morgan fingerprint density at radius 2 is 2.24 bits per heavy atom. The maximum atomic E-state index is 11.6. The Bertz CT molecular complexity index is 547. The second-order valence-electron chi connectivity index (χ2n) is 4.03. The molecule has 17 heavy (non-hydrogen) atoms. The topological polar surface area (TPSA) is 98.7 Å². The molecule has 0 aliphatic rings. The summed E-state index contributed by atoms with van der Waals surface area (Å²) in [5.74, 6) is 0.231. The Kier molecular flexibility index (Phi) is 2.90. The van der Waals surface area contributed by atoms with Crippen LogP contribution in [0.25, 0.3) is 11.2 Å². The van der Waals surface area contributed by atoms with Crippen LogP contribution in [0.2, 0.25) is 0 Å². The van der Waals surface area contributed by atoms with Gasteiger partial charge < -0.3 is 15.6 Å². The maximum Gasteiger partial charge on any atom is 0.240 e. The highest BCUT2D eigenvalue weighted by Crippen LogP contribution is 2.13. The molecule has 2 heterocycles. The summed E-state index contributed by atoms with van der Waals surface area (Å²) in [7, 11) is 0. The molecule has 0 unspecified atom stereocenters. The first-order valence-electron chi connectivity index (χ1n) is 5.28. The first-order chi connectivity index (χ1) is 8.08. The molecule has 7 nitrogen and oxygen atoms in total. The number of hydrogen-bond donors (Lipinski definition) is 2. The molecule has 0 spiro atoms. The molecule has 0 saturated heterocycles. The fourth-order valence-electron chi connectivity index (χ4n) is 1.54. The van der Waals surface area contributed by atoms with Crippen LogP contribution in [0, 0.1) is 0 Å². The molecule has 0 aromatic carbocycles.